The van der Waals surface area contributed by atoms with Crippen LogP contribution in [-0.2, 0) is 0 Å². The van der Waals surface area contributed by atoms with Gasteiger partial charge in [0.25, 0.3) is 11.8 Å². The summed E-state index contributed by atoms with van der Waals surface area (Å²) in [6.45, 7) is 4.53. The van der Waals surface area contributed by atoms with Crippen LogP contribution in [0.3, 0.4) is 0 Å². The average molecular weight is 349 g/mol. The van der Waals surface area contributed by atoms with Gasteiger partial charge in [-0.15, -0.1) is 0 Å². The van der Waals surface area contributed by atoms with Gasteiger partial charge in [-0.3, -0.25) is 9.59 Å². The van der Waals surface area contributed by atoms with Gasteiger partial charge in [0.05, 0.1) is 12.0 Å². The highest BCUT2D eigenvalue weighted by atomic mass is 16.2. The van der Waals surface area contributed by atoms with E-state index in [1.54, 1.807) is 48.0 Å². The fourth-order valence-electron chi connectivity index (χ4n) is 2.66. The summed E-state index contributed by atoms with van der Waals surface area (Å²) in [5.41, 5.74) is 1.68. The van der Waals surface area contributed by atoms with Gasteiger partial charge in [0, 0.05) is 37.0 Å². The Morgan fingerprint density at radius 3 is 2.23 bits per heavy atom. The van der Waals surface area contributed by atoms with Crippen molar-refractivity contribution in [1.82, 2.24) is 4.90 Å². The molecule has 26 heavy (non-hydrogen) atoms. The molecule has 5 nitrogen and oxygen atoms in total. The first-order valence-corrected chi connectivity index (χ1v) is 8.60. The minimum absolute atomic E-state index is 0.174. The Hall–Kier alpha value is -3.13. The molecule has 2 aromatic carbocycles. The van der Waals surface area contributed by atoms with E-state index in [0.717, 1.165) is 5.69 Å². The van der Waals surface area contributed by atoms with Crippen LogP contribution in [-0.4, -0.2) is 36.9 Å². The zero-order valence-electron chi connectivity index (χ0n) is 15.3. The number of carbonyl (C=O) groups excluding carboxylic acids is 2. The summed E-state index contributed by atoms with van der Waals surface area (Å²) in [7, 11) is 1.71. The number of hydrogen-bond acceptors (Lipinski definition) is 3. The Labute approximate surface area is 154 Å². The molecule has 0 saturated carbocycles. The highest BCUT2D eigenvalue weighted by molar-refractivity contribution is 6.07. The van der Waals surface area contributed by atoms with Crippen molar-refractivity contribution in [1.29, 1.82) is 5.26 Å². The lowest BCUT2D eigenvalue weighted by Gasteiger charge is -2.22. The maximum atomic E-state index is 12.7. The van der Waals surface area contributed by atoms with Crippen LogP contribution in [0.5, 0.6) is 0 Å². The second-order valence-electron chi connectivity index (χ2n) is 6.15. The number of rotatable bonds is 6. The molecule has 0 unspecified atom stereocenters. The number of nitrogens with zero attached hydrogens (tertiary/aromatic N) is 3. The topological polar surface area (TPSA) is 64.4 Å². The summed E-state index contributed by atoms with van der Waals surface area (Å²) < 4.78 is 0. The summed E-state index contributed by atoms with van der Waals surface area (Å²) in [5.74, 6) is -0.598. The lowest BCUT2D eigenvalue weighted by atomic mass is 10.1. The van der Waals surface area contributed by atoms with Crippen LogP contribution >= 0.6 is 0 Å². The second kappa shape index (κ2) is 8.82. The summed E-state index contributed by atoms with van der Waals surface area (Å²) in [4.78, 5) is 28.7. The van der Waals surface area contributed by atoms with Crippen molar-refractivity contribution in [2.75, 3.05) is 25.0 Å². The zero-order valence-corrected chi connectivity index (χ0v) is 15.3. The third-order valence-electron chi connectivity index (χ3n) is 4.19. The van der Waals surface area contributed by atoms with E-state index in [0.29, 0.717) is 24.2 Å². The average Bonchev–Trinajstić information content (AvgIpc) is 2.70. The molecule has 0 saturated heterocycles. The first-order chi connectivity index (χ1) is 12.5. The monoisotopic (exact) mass is 349 g/mol. The van der Waals surface area contributed by atoms with Crippen LogP contribution < -0.4 is 4.90 Å². The van der Waals surface area contributed by atoms with Crippen LogP contribution in [0.25, 0.3) is 0 Å². The molecule has 0 aliphatic carbocycles. The second-order valence-corrected chi connectivity index (χ2v) is 6.15. The summed E-state index contributed by atoms with van der Waals surface area (Å²) in [5, 5.41) is 8.98. The SMILES string of the molecule is CCN(C[C@H](C)C#N)C(=O)c1cccc(C(=O)N(C)c2ccccc2)c1. The third kappa shape index (κ3) is 4.48. The van der Waals surface area contributed by atoms with Crippen molar-refractivity contribution in [3.8, 4) is 6.07 Å². The van der Waals surface area contributed by atoms with Gasteiger partial charge in [-0.2, -0.15) is 5.26 Å². The molecule has 1 atom stereocenters. The third-order valence-corrected chi connectivity index (χ3v) is 4.19. The van der Waals surface area contributed by atoms with E-state index < -0.39 is 0 Å². The molecule has 2 rings (SSSR count). The Balaban J connectivity index is 2.23. The molecule has 0 heterocycles. The first kappa shape index (κ1) is 19.2. The van der Waals surface area contributed by atoms with Crippen LogP contribution in [0, 0.1) is 17.2 Å². The van der Waals surface area contributed by atoms with Crippen LogP contribution in [0.4, 0.5) is 5.69 Å². The predicted octanol–water partition coefficient (Wildman–Crippen LogP) is 3.58. The quantitative estimate of drug-likeness (QED) is 0.800. The predicted molar refractivity (Wildman–Crippen MR) is 102 cm³/mol. The summed E-state index contributed by atoms with van der Waals surface area (Å²) >= 11 is 0. The Morgan fingerprint density at radius 1 is 1.04 bits per heavy atom. The van der Waals surface area contributed by atoms with Crippen LogP contribution in [0.2, 0.25) is 0 Å². The van der Waals surface area contributed by atoms with Crippen molar-refractivity contribution < 1.29 is 9.59 Å². The Morgan fingerprint density at radius 2 is 1.65 bits per heavy atom. The van der Waals surface area contributed by atoms with Gasteiger partial charge in [0.15, 0.2) is 0 Å². The number of nitriles is 1. The lowest BCUT2D eigenvalue weighted by molar-refractivity contribution is 0.0752. The Bertz CT molecular complexity index is 812. The number of carbonyl (C=O) groups is 2. The molecule has 0 bridgehead atoms. The number of amides is 2. The van der Waals surface area contributed by atoms with E-state index in [4.69, 9.17) is 5.26 Å². The number of hydrogen-bond donors (Lipinski definition) is 0. The molecule has 5 heteroatoms. The first-order valence-electron chi connectivity index (χ1n) is 8.60. The van der Waals surface area contributed by atoms with Gasteiger partial charge >= 0.3 is 0 Å². The van der Waals surface area contributed by atoms with Gasteiger partial charge in [0.2, 0.25) is 0 Å². The molecule has 2 amide bonds. The van der Waals surface area contributed by atoms with E-state index in [1.165, 1.54) is 0 Å². The normalized spacial score (nSPS) is 11.3. The molecule has 134 valence electrons. The molecule has 0 N–H and O–H groups in total. The van der Waals surface area contributed by atoms with Crippen molar-refractivity contribution in [2.45, 2.75) is 13.8 Å². The van der Waals surface area contributed by atoms with Crippen molar-refractivity contribution in [2.24, 2.45) is 5.92 Å². The van der Waals surface area contributed by atoms with Crippen LogP contribution in [0.1, 0.15) is 34.6 Å². The molecular weight excluding hydrogens is 326 g/mol. The van der Waals surface area contributed by atoms with E-state index in [2.05, 4.69) is 6.07 Å². The van der Waals surface area contributed by atoms with Crippen molar-refractivity contribution in [3.05, 3.63) is 65.7 Å². The minimum Gasteiger partial charge on any atom is -0.338 e. The van der Waals surface area contributed by atoms with Crippen molar-refractivity contribution in [3.63, 3.8) is 0 Å². The highest BCUT2D eigenvalue weighted by Gasteiger charge is 2.19. The Kier molecular flexibility index (Phi) is 6.51. The molecule has 0 aliphatic rings. The van der Waals surface area contributed by atoms with E-state index in [1.807, 2.05) is 37.3 Å². The molecule has 2 aromatic rings. The fraction of sp³-hybridized carbons (Fsp3) is 0.286. The van der Waals surface area contributed by atoms with E-state index in [-0.39, 0.29) is 17.7 Å². The number of benzene rings is 2. The lowest BCUT2D eigenvalue weighted by Crippen LogP contribution is -2.34. The maximum absolute atomic E-state index is 12.7. The van der Waals surface area contributed by atoms with Gasteiger partial charge in [-0.1, -0.05) is 24.3 Å². The standard InChI is InChI=1S/C21H23N3O2/c1-4-24(15-16(2)14-22)21(26)18-10-8-9-17(13-18)20(25)23(3)19-11-6-5-7-12-19/h5-13,16H,4,15H2,1-3H3/t16-/m1/s1. The molecule has 0 spiro atoms. The molecular formula is C21H23N3O2. The summed E-state index contributed by atoms with van der Waals surface area (Å²) in [6, 6.07) is 18.2. The number of para-hydroxylation sites is 1. The number of anilines is 1. The molecule has 0 radical (unpaired) electrons. The largest absolute Gasteiger partial charge is 0.338 e. The molecule has 0 aromatic heterocycles. The van der Waals surface area contributed by atoms with Gasteiger partial charge in [-0.25, -0.2) is 0 Å². The minimum atomic E-state index is -0.243. The van der Waals surface area contributed by atoms with Gasteiger partial charge < -0.3 is 9.80 Å². The fourth-order valence-corrected chi connectivity index (χ4v) is 2.66. The van der Waals surface area contributed by atoms with Crippen molar-refractivity contribution >= 4 is 17.5 Å². The van der Waals surface area contributed by atoms with E-state index in [9.17, 15) is 9.59 Å². The zero-order chi connectivity index (χ0) is 19.1. The summed E-state index contributed by atoms with van der Waals surface area (Å²) in [6.07, 6.45) is 0. The maximum Gasteiger partial charge on any atom is 0.258 e. The highest BCUT2D eigenvalue weighted by Crippen LogP contribution is 2.16. The van der Waals surface area contributed by atoms with Crippen LogP contribution in [0.15, 0.2) is 54.6 Å². The smallest absolute Gasteiger partial charge is 0.258 e. The van der Waals surface area contributed by atoms with Gasteiger partial charge in [-0.05, 0) is 44.2 Å². The van der Waals surface area contributed by atoms with Gasteiger partial charge in [0.1, 0.15) is 0 Å². The molecule has 0 aliphatic heterocycles. The molecule has 0 fully saturated rings. The van der Waals surface area contributed by atoms with E-state index >= 15 is 0 Å².